The van der Waals surface area contributed by atoms with Crippen LogP contribution in [0.5, 0.6) is 0 Å². The highest BCUT2D eigenvalue weighted by molar-refractivity contribution is 9.10. The molecule has 1 aliphatic heterocycles. The number of rotatable bonds is 10. The third kappa shape index (κ3) is 7.65. The number of benzene rings is 3. The molecule has 3 aromatic carbocycles. The number of amides is 2. The van der Waals surface area contributed by atoms with Gasteiger partial charge in [0.25, 0.3) is 5.91 Å². The maximum atomic E-state index is 14.2. The first-order valence-electron chi connectivity index (χ1n) is 12.1. The van der Waals surface area contributed by atoms with E-state index in [4.69, 9.17) is 5.73 Å². The number of carbonyl (C=O) groups excluding carboxylic acids is 2. The van der Waals surface area contributed by atoms with Gasteiger partial charge in [-0.2, -0.15) is 0 Å². The standard InChI is InChI=1S/C27H27Br2FN4O4S/c1-16(26(31)35)32-27(36)20-10-23(30)12-24(11-20)33-39(37,38)15-17-13-34(14-17)25(18-2-6-21(28)7-3-18)19-4-8-22(29)9-5-19/h2-12,16-17,25,33H,13-15H2,1H3,(H2,31,35)(H,32,36)/t16-/m0/s1. The van der Waals surface area contributed by atoms with Crippen LogP contribution < -0.4 is 15.8 Å². The minimum absolute atomic E-state index is 0.0369. The molecule has 0 radical (unpaired) electrons. The van der Waals surface area contributed by atoms with Crippen molar-refractivity contribution in [3.8, 4) is 0 Å². The van der Waals surface area contributed by atoms with Crippen molar-refractivity contribution in [1.82, 2.24) is 10.2 Å². The van der Waals surface area contributed by atoms with E-state index in [9.17, 15) is 22.4 Å². The third-order valence-corrected chi connectivity index (χ3v) is 8.90. The van der Waals surface area contributed by atoms with Gasteiger partial charge < -0.3 is 11.1 Å². The molecule has 1 atom stereocenters. The highest BCUT2D eigenvalue weighted by Gasteiger charge is 2.36. The Hall–Kier alpha value is -2.80. The van der Waals surface area contributed by atoms with E-state index >= 15 is 0 Å². The van der Waals surface area contributed by atoms with Crippen LogP contribution in [0.15, 0.2) is 75.7 Å². The van der Waals surface area contributed by atoms with Gasteiger partial charge in [0.2, 0.25) is 15.9 Å². The van der Waals surface area contributed by atoms with Crippen LogP contribution in [0.1, 0.15) is 34.5 Å². The Morgan fingerprint density at radius 3 is 2.05 bits per heavy atom. The van der Waals surface area contributed by atoms with Gasteiger partial charge in [0, 0.05) is 33.5 Å². The quantitative estimate of drug-likeness (QED) is 0.293. The molecule has 0 aliphatic carbocycles. The molecule has 2 amide bonds. The van der Waals surface area contributed by atoms with Crippen LogP contribution in [0.3, 0.4) is 0 Å². The molecule has 0 unspecified atom stereocenters. The Balaban J connectivity index is 1.43. The highest BCUT2D eigenvalue weighted by Crippen LogP contribution is 2.36. The van der Waals surface area contributed by atoms with E-state index in [1.807, 2.05) is 48.5 Å². The SMILES string of the molecule is C[C@H](NC(=O)c1cc(F)cc(NS(=O)(=O)CC2CN(C(c3ccc(Br)cc3)c3ccc(Br)cc3)C2)c1)C(N)=O. The van der Waals surface area contributed by atoms with Crippen molar-refractivity contribution in [2.24, 2.45) is 11.7 Å². The number of sulfonamides is 1. The lowest BCUT2D eigenvalue weighted by atomic mass is 9.91. The van der Waals surface area contributed by atoms with E-state index in [0.29, 0.717) is 13.1 Å². The summed E-state index contributed by atoms with van der Waals surface area (Å²) in [7, 11) is -3.84. The average Bonchev–Trinajstić information content (AvgIpc) is 2.83. The molecule has 39 heavy (non-hydrogen) atoms. The molecule has 1 fully saturated rings. The summed E-state index contributed by atoms with van der Waals surface area (Å²) in [6.45, 7) is 2.50. The molecular formula is C27H27Br2FN4O4S. The molecule has 8 nitrogen and oxygen atoms in total. The number of halogens is 3. The molecule has 1 aliphatic rings. The second kappa shape index (κ2) is 12.2. The number of nitrogens with zero attached hydrogens (tertiary/aromatic N) is 1. The van der Waals surface area contributed by atoms with E-state index in [0.717, 1.165) is 32.2 Å². The fraction of sp³-hybridized carbons (Fsp3) is 0.259. The maximum absolute atomic E-state index is 14.2. The zero-order valence-electron chi connectivity index (χ0n) is 20.9. The molecule has 12 heteroatoms. The molecule has 0 saturated carbocycles. The van der Waals surface area contributed by atoms with E-state index in [1.165, 1.54) is 13.0 Å². The number of anilines is 1. The fourth-order valence-electron chi connectivity index (χ4n) is 4.49. The van der Waals surface area contributed by atoms with Gasteiger partial charge in [-0.25, -0.2) is 12.8 Å². The maximum Gasteiger partial charge on any atom is 0.252 e. The van der Waals surface area contributed by atoms with Crippen molar-refractivity contribution in [1.29, 1.82) is 0 Å². The molecule has 0 aromatic heterocycles. The van der Waals surface area contributed by atoms with Crippen molar-refractivity contribution in [2.75, 3.05) is 23.6 Å². The van der Waals surface area contributed by atoms with Crippen LogP contribution in [0.4, 0.5) is 10.1 Å². The summed E-state index contributed by atoms with van der Waals surface area (Å²) in [6.07, 6.45) is 0. The molecule has 1 saturated heterocycles. The third-order valence-electron chi connectivity index (χ3n) is 6.38. The molecule has 0 bridgehead atoms. The Kier molecular flexibility index (Phi) is 9.10. The monoisotopic (exact) mass is 680 g/mol. The van der Waals surface area contributed by atoms with Crippen LogP contribution in [0.2, 0.25) is 0 Å². The van der Waals surface area contributed by atoms with Gasteiger partial charge in [-0.3, -0.25) is 19.2 Å². The van der Waals surface area contributed by atoms with E-state index in [2.05, 4.69) is 46.8 Å². The van der Waals surface area contributed by atoms with Gasteiger partial charge in [0.05, 0.1) is 17.5 Å². The Morgan fingerprint density at radius 1 is 1.00 bits per heavy atom. The van der Waals surface area contributed by atoms with Crippen molar-refractivity contribution in [2.45, 2.75) is 19.0 Å². The zero-order valence-corrected chi connectivity index (χ0v) is 24.9. The summed E-state index contributed by atoms with van der Waals surface area (Å²) in [5.74, 6) is -2.59. The van der Waals surface area contributed by atoms with E-state index in [1.54, 1.807) is 0 Å². The highest BCUT2D eigenvalue weighted by atomic mass is 79.9. The van der Waals surface area contributed by atoms with Crippen molar-refractivity contribution in [3.63, 3.8) is 0 Å². The molecule has 206 valence electrons. The number of hydrogen-bond donors (Lipinski definition) is 3. The van der Waals surface area contributed by atoms with Gasteiger partial charge in [0.15, 0.2) is 0 Å². The summed E-state index contributed by atoms with van der Waals surface area (Å²) in [5, 5.41) is 2.34. The summed E-state index contributed by atoms with van der Waals surface area (Å²) in [6, 6.07) is 18.3. The lowest BCUT2D eigenvalue weighted by Crippen LogP contribution is -2.51. The van der Waals surface area contributed by atoms with Crippen molar-refractivity contribution >= 4 is 59.4 Å². The Morgan fingerprint density at radius 2 is 1.54 bits per heavy atom. The van der Waals surface area contributed by atoms with Gasteiger partial charge in [0.1, 0.15) is 11.9 Å². The zero-order chi connectivity index (χ0) is 28.3. The van der Waals surface area contributed by atoms with E-state index < -0.39 is 33.7 Å². The molecule has 1 heterocycles. The summed E-state index contributed by atoms with van der Waals surface area (Å²) < 4.78 is 44.4. The second-order valence-corrected chi connectivity index (χ2v) is 13.1. The normalized spacial score (nSPS) is 15.0. The first kappa shape index (κ1) is 29.2. The number of nitrogens with two attached hydrogens (primary N) is 1. The number of nitrogens with one attached hydrogen (secondary N) is 2. The largest absolute Gasteiger partial charge is 0.368 e. The van der Waals surface area contributed by atoms with Crippen molar-refractivity contribution in [3.05, 3.63) is 98.2 Å². The number of hydrogen-bond acceptors (Lipinski definition) is 5. The van der Waals surface area contributed by atoms with Crippen LogP contribution in [-0.4, -0.2) is 50.0 Å². The van der Waals surface area contributed by atoms with Crippen LogP contribution in [0.25, 0.3) is 0 Å². The molecular weight excluding hydrogens is 655 g/mol. The van der Waals surface area contributed by atoms with Gasteiger partial charge in [-0.15, -0.1) is 0 Å². The summed E-state index contributed by atoms with van der Waals surface area (Å²) in [4.78, 5) is 25.8. The van der Waals surface area contributed by atoms with Crippen LogP contribution >= 0.6 is 31.9 Å². The van der Waals surface area contributed by atoms with Gasteiger partial charge >= 0.3 is 0 Å². The number of carbonyl (C=O) groups is 2. The van der Waals surface area contributed by atoms with Gasteiger partial charge in [-0.05, 0) is 60.5 Å². The first-order valence-corrected chi connectivity index (χ1v) is 15.3. The molecule has 4 N–H and O–H groups in total. The lowest BCUT2D eigenvalue weighted by Gasteiger charge is -2.44. The fourth-order valence-corrected chi connectivity index (χ4v) is 6.41. The second-order valence-electron chi connectivity index (χ2n) is 9.54. The lowest BCUT2D eigenvalue weighted by molar-refractivity contribution is -0.119. The smallest absolute Gasteiger partial charge is 0.252 e. The predicted molar refractivity (Wildman–Crippen MR) is 155 cm³/mol. The Labute approximate surface area is 243 Å². The van der Waals surface area contributed by atoms with Crippen molar-refractivity contribution < 1.29 is 22.4 Å². The average molecular weight is 682 g/mol. The van der Waals surface area contributed by atoms with Crippen LogP contribution in [-0.2, 0) is 14.8 Å². The summed E-state index contributed by atoms with van der Waals surface area (Å²) >= 11 is 6.95. The number of likely N-dealkylation sites (tertiary alicyclic amines) is 1. The molecule has 4 rings (SSSR count). The minimum atomic E-state index is -3.84. The molecule has 3 aromatic rings. The summed E-state index contributed by atoms with van der Waals surface area (Å²) in [5.41, 5.74) is 7.12. The topological polar surface area (TPSA) is 122 Å². The number of primary amides is 1. The molecule has 0 spiro atoms. The Bertz CT molecular complexity index is 1420. The predicted octanol–water partition coefficient (Wildman–Crippen LogP) is 4.42. The minimum Gasteiger partial charge on any atom is -0.368 e. The van der Waals surface area contributed by atoms with Crippen LogP contribution in [0, 0.1) is 11.7 Å². The van der Waals surface area contributed by atoms with E-state index in [-0.39, 0.29) is 29.0 Å². The first-order chi connectivity index (χ1) is 18.4. The van der Waals surface area contributed by atoms with Gasteiger partial charge in [-0.1, -0.05) is 56.1 Å².